The number of hydrogen-bond acceptors (Lipinski definition) is 4. The number of aromatic nitrogens is 2. The number of hydrogen-bond donors (Lipinski definition) is 1. The van der Waals surface area contributed by atoms with Crippen LogP contribution >= 0.6 is 0 Å². The third-order valence-electron chi connectivity index (χ3n) is 3.57. The van der Waals surface area contributed by atoms with Gasteiger partial charge in [0.2, 0.25) is 0 Å². The van der Waals surface area contributed by atoms with Crippen molar-refractivity contribution >= 4 is 16.7 Å². The maximum Gasteiger partial charge on any atom is 0.271 e. The van der Waals surface area contributed by atoms with E-state index in [1.54, 1.807) is 6.07 Å². The molecule has 0 unspecified atom stereocenters. The molecule has 0 radical (unpaired) electrons. The second kappa shape index (κ2) is 6.48. The lowest BCUT2D eigenvalue weighted by Crippen LogP contribution is -1.96. The number of H-pyrrole nitrogens is 1. The molecule has 0 bridgehead atoms. The van der Waals surface area contributed by atoms with Gasteiger partial charge in [0.1, 0.15) is 11.6 Å². The van der Waals surface area contributed by atoms with Crippen LogP contribution in [0.25, 0.3) is 22.4 Å². The lowest BCUT2D eigenvalue weighted by Gasteiger charge is -2.05. The van der Waals surface area contributed by atoms with Crippen LogP contribution in [0.2, 0.25) is 0 Å². The molecule has 0 saturated carbocycles. The van der Waals surface area contributed by atoms with Crippen molar-refractivity contribution in [3.05, 3.63) is 52.6 Å². The molecule has 118 valence electrons. The number of nitrogens with zero attached hydrogens (tertiary/aromatic N) is 2. The molecule has 1 aromatic heterocycles. The van der Waals surface area contributed by atoms with Crippen LogP contribution in [0.5, 0.6) is 5.75 Å². The van der Waals surface area contributed by atoms with E-state index >= 15 is 0 Å². The Labute approximate surface area is 133 Å². The van der Waals surface area contributed by atoms with E-state index in [1.807, 2.05) is 24.3 Å². The third-order valence-corrected chi connectivity index (χ3v) is 3.57. The zero-order chi connectivity index (χ0) is 16.2. The average molecular weight is 311 g/mol. The second-order valence-corrected chi connectivity index (χ2v) is 5.27. The quantitative estimate of drug-likeness (QED) is 0.417. The predicted octanol–water partition coefficient (Wildman–Crippen LogP) is 4.32. The second-order valence-electron chi connectivity index (χ2n) is 5.27. The summed E-state index contributed by atoms with van der Waals surface area (Å²) in [5.74, 6) is 1.51. The summed E-state index contributed by atoms with van der Waals surface area (Å²) in [6.07, 6.45) is 2.13. The molecule has 0 spiro atoms. The van der Waals surface area contributed by atoms with Crippen LogP contribution in [-0.2, 0) is 0 Å². The molecule has 2 aromatic carbocycles. The van der Waals surface area contributed by atoms with Gasteiger partial charge in [0, 0.05) is 17.7 Å². The van der Waals surface area contributed by atoms with E-state index in [1.165, 1.54) is 12.1 Å². The first-order valence-corrected chi connectivity index (χ1v) is 7.55. The number of unbranched alkanes of at least 4 members (excludes halogenated alkanes) is 1. The van der Waals surface area contributed by atoms with Crippen molar-refractivity contribution in [1.29, 1.82) is 0 Å². The first kappa shape index (κ1) is 15.0. The highest BCUT2D eigenvalue weighted by Crippen LogP contribution is 2.25. The van der Waals surface area contributed by atoms with E-state index < -0.39 is 4.92 Å². The molecule has 6 heteroatoms. The van der Waals surface area contributed by atoms with Gasteiger partial charge >= 0.3 is 0 Å². The highest BCUT2D eigenvalue weighted by atomic mass is 16.6. The Morgan fingerprint density at radius 2 is 2.00 bits per heavy atom. The highest BCUT2D eigenvalue weighted by molar-refractivity contribution is 5.81. The Balaban J connectivity index is 1.83. The van der Waals surface area contributed by atoms with E-state index in [0.29, 0.717) is 23.5 Å². The van der Waals surface area contributed by atoms with Crippen LogP contribution in [0, 0.1) is 10.1 Å². The topological polar surface area (TPSA) is 81.1 Å². The summed E-state index contributed by atoms with van der Waals surface area (Å²) in [6, 6.07) is 12.3. The lowest BCUT2D eigenvalue weighted by molar-refractivity contribution is -0.384. The number of nitro groups is 1. The third kappa shape index (κ3) is 3.31. The van der Waals surface area contributed by atoms with Crippen molar-refractivity contribution in [3.8, 4) is 17.1 Å². The Morgan fingerprint density at radius 1 is 1.22 bits per heavy atom. The molecule has 0 amide bonds. The number of ether oxygens (including phenoxy) is 1. The standard InChI is InChI=1S/C17H17N3O3/c1-2-3-10-23-14-7-4-12(5-8-14)17-18-15-9-6-13(20(21)22)11-16(15)19-17/h4-9,11H,2-3,10H2,1H3,(H,18,19). The number of aromatic amines is 1. The van der Waals surface area contributed by atoms with Crippen molar-refractivity contribution in [2.24, 2.45) is 0 Å². The molecule has 0 aliphatic heterocycles. The van der Waals surface area contributed by atoms with Gasteiger partial charge in [0.05, 0.1) is 22.6 Å². The first-order valence-electron chi connectivity index (χ1n) is 7.55. The minimum atomic E-state index is -0.414. The molecule has 0 atom stereocenters. The van der Waals surface area contributed by atoms with Crippen molar-refractivity contribution in [2.75, 3.05) is 6.61 Å². The minimum Gasteiger partial charge on any atom is -0.494 e. The Kier molecular flexibility index (Phi) is 4.23. The lowest BCUT2D eigenvalue weighted by atomic mass is 10.2. The largest absolute Gasteiger partial charge is 0.494 e. The number of non-ortho nitro benzene ring substituents is 1. The Bertz CT molecular complexity index is 825. The molecule has 0 aliphatic carbocycles. The fraction of sp³-hybridized carbons (Fsp3) is 0.235. The van der Waals surface area contributed by atoms with E-state index in [-0.39, 0.29) is 5.69 Å². The average Bonchev–Trinajstić information content (AvgIpc) is 2.98. The number of benzene rings is 2. The Morgan fingerprint density at radius 3 is 2.70 bits per heavy atom. The van der Waals surface area contributed by atoms with Crippen molar-refractivity contribution in [2.45, 2.75) is 19.8 Å². The van der Waals surface area contributed by atoms with Gasteiger partial charge in [-0.3, -0.25) is 10.1 Å². The van der Waals surface area contributed by atoms with Crippen LogP contribution in [0.15, 0.2) is 42.5 Å². The number of nitro benzene ring substituents is 1. The molecule has 0 saturated heterocycles. The van der Waals surface area contributed by atoms with Crippen LogP contribution < -0.4 is 4.74 Å². The van der Waals surface area contributed by atoms with Crippen LogP contribution in [0.1, 0.15) is 19.8 Å². The molecule has 1 heterocycles. The fourth-order valence-electron chi connectivity index (χ4n) is 2.29. The van der Waals surface area contributed by atoms with Gasteiger partial charge in [-0.05, 0) is 36.8 Å². The fourth-order valence-corrected chi connectivity index (χ4v) is 2.29. The molecule has 0 fully saturated rings. The first-order chi connectivity index (χ1) is 11.2. The summed E-state index contributed by atoms with van der Waals surface area (Å²) >= 11 is 0. The summed E-state index contributed by atoms with van der Waals surface area (Å²) in [4.78, 5) is 18.0. The molecule has 1 N–H and O–H groups in total. The van der Waals surface area contributed by atoms with Gasteiger partial charge in [-0.1, -0.05) is 13.3 Å². The summed E-state index contributed by atoms with van der Waals surface area (Å²) < 4.78 is 5.63. The predicted molar refractivity (Wildman–Crippen MR) is 88.6 cm³/mol. The molecule has 23 heavy (non-hydrogen) atoms. The van der Waals surface area contributed by atoms with Gasteiger partial charge in [-0.2, -0.15) is 0 Å². The van der Waals surface area contributed by atoms with Gasteiger partial charge in [0.25, 0.3) is 5.69 Å². The van der Waals surface area contributed by atoms with Crippen molar-refractivity contribution in [1.82, 2.24) is 9.97 Å². The summed E-state index contributed by atoms with van der Waals surface area (Å²) in [5.41, 5.74) is 2.31. The SMILES string of the molecule is CCCCOc1ccc(-c2nc3ccc([N+](=O)[O-])cc3[nH]2)cc1. The number of imidazole rings is 1. The van der Waals surface area contributed by atoms with Crippen molar-refractivity contribution < 1.29 is 9.66 Å². The van der Waals surface area contributed by atoms with E-state index in [4.69, 9.17) is 4.74 Å². The van der Waals surface area contributed by atoms with Crippen molar-refractivity contribution in [3.63, 3.8) is 0 Å². The number of fused-ring (bicyclic) bond motifs is 1. The van der Waals surface area contributed by atoms with Gasteiger partial charge in [0.15, 0.2) is 0 Å². The number of nitrogens with one attached hydrogen (secondary N) is 1. The summed E-state index contributed by atoms with van der Waals surface area (Å²) in [5, 5.41) is 10.8. The zero-order valence-corrected chi connectivity index (χ0v) is 12.8. The van der Waals surface area contributed by atoms with E-state index in [2.05, 4.69) is 16.9 Å². The van der Waals surface area contributed by atoms with Crippen LogP contribution in [0.4, 0.5) is 5.69 Å². The van der Waals surface area contributed by atoms with Gasteiger partial charge in [-0.25, -0.2) is 4.98 Å². The van der Waals surface area contributed by atoms with Gasteiger partial charge < -0.3 is 9.72 Å². The minimum absolute atomic E-state index is 0.0485. The Hall–Kier alpha value is -2.89. The zero-order valence-electron chi connectivity index (χ0n) is 12.8. The normalized spacial score (nSPS) is 10.8. The monoisotopic (exact) mass is 311 g/mol. The van der Waals surface area contributed by atoms with Crippen LogP contribution in [0.3, 0.4) is 0 Å². The maximum atomic E-state index is 10.8. The molecular weight excluding hydrogens is 294 g/mol. The summed E-state index contributed by atoms with van der Waals surface area (Å²) in [6.45, 7) is 2.84. The molecule has 0 aliphatic rings. The van der Waals surface area contributed by atoms with E-state index in [0.717, 1.165) is 24.2 Å². The smallest absolute Gasteiger partial charge is 0.271 e. The molecule has 6 nitrogen and oxygen atoms in total. The summed E-state index contributed by atoms with van der Waals surface area (Å²) in [7, 11) is 0. The highest BCUT2D eigenvalue weighted by Gasteiger charge is 2.10. The van der Waals surface area contributed by atoms with Crippen LogP contribution in [-0.4, -0.2) is 21.5 Å². The van der Waals surface area contributed by atoms with Gasteiger partial charge in [-0.15, -0.1) is 0 Å². The number of rotatable bonds is 6. The maximum absolute atomic E-state index is 10.8. The van der Waals surface area contributed by atoms with E-state index in [9.17, 15) is 10.1 Å². The molecule has 3 rings (SSSR count). The molecule has 3 aromatic rings. The molecular formula is C17H17N3O3.